The van der Waals surface area contributed by atoms with E-state index in [0.29, 0.717) is 6.54 Å². The van der Waals surface area contributed by atoms with Gasteiger partial charge in [0, 0.05) is 18.3 Å². The van der Waals surface area contributed by atoms with Crippen LogP contribution < -0.4 is 10.6 Å². The van der Waals surface area contributed by atoms with Crippen molar-refractivity contribution >= 4 is 5.69 Å². The lowest BCUT2D eigenvalue weighted by Gasteiger charge is -2.26. The van der Waals surface area contributed by atoms with Gasteiger partial charge in [-0.1, -0.05) is 0 Å². The zero-order valence-corrected chi connectivity index (χ0v) is 10.2. The predicted octanol–water partition coefficient (Wildman–Crippen LogP) is 2.74. The van der Waals surface area contributed by atoms with E-state index in [4.69, 9.17) is 5.26 Å². The maximum Gasteiger partial charge on any atom is 0.418 e. The molecule has 0 aliphatic carbocycles. The second kappa shape index (κ2) is 5.49. The molecular formula is C13H14F3N3. The Morgan fingerprint density at radius 1 is 1.37 bits per heavy atom. The highest BCUT2D eigenvalue weighted by atomic mass is 19.4. The van der Waals surface area contributed by atoms with Gasteiger partial charge in [0.25, 0.3) is 0 Å². The number of nitrogens with one attached hydrogen (secondary N) is 2. The van der Waals surface area contributed by atoms with E-state index in [-0.39, 0.29) is 17.3 Å². The standard InChI is InChI=1S/C13H14F3N3/c14-13(15,16)11-6-9(7-17)3-4-12(11)19-10-2-1-5-18-8-10/h3-4,6,10,18-19H,1-2,5,8H2. The van der Waals surface area contributed by atoms with Crippen LogP contribution in [0.1, 0.15) is 24.0 Å². The summed E-state index contributed by atoms with van der Waals surface area (Å²) in [7, 11) is 0. The number of hydrogen-bond acceptors (Lipinski definition) is 3. The molecule has 2 N–H and O–H groups in total. The minimum Gasteiger partial charge on any atom is -0.381 e. The SMILES string of the molecule is N#Cc1ccc(NC2CCCNC2)c(C(F)(F)F)c1. The summed E-state index contributed by atoms with van der Waals surface area (Å²) >= 11 is 0. The highest BCUT2D eigenvalue weighted by Gasteiger charge is 2.34. The van der Waals surface area contributed by atoms with Crippen LogP contribution in [0, 0.1) is 11.3 Å². The number of halogens is 3. The summed E-state index contributed by atoms with van der Waals surface area (Å²) in [6.45, 7) is 1.55. The van der Waals surface area contributed by atoms with E-state index in [0.717, 1.165) is 25.5 Å². The molecule has 0 radical (unpaired) electrons. The molecule has 1 saturated heterocycles. The maximum absolute atomic E-state index is 13.0. The van der Waals surface area contributed by atoms with E-state index >= 15 is 0 Å². The fourth-order valence-electron chi connectivity index (χ4n) is 2.17. The lowest BCUT2D eigenvalue weighted by atomic mass is 10.0. The number of benzene rings is 1. The van der Waals surface area contributed by atoms with Crippen LogP contribution in [0.4, 0.5) is 18.9 Å². The zero-order valence-electron chi connectivity index (χ0n) is 10.2. The van der Waals surface area contributed by atoms with Crippen LogP contribution in [-0.2, 0) is 6.18 Å². The van der Waals surface area contributed by atoms with Crippen LogP contribution in [0.25, 0.3) is 0 Å². The molecule has 1 aromatic rings. The Morgan fingerprint density at radius 2 is 2.16 bits per heavy atom. The third-order valence-corrected chi connectivity index (χ3v) is 3.11. The summed E-state index contributed by atoms with van der Waals surface area (Å²) < 4.78 is 38.9. The average Bonchev–Trinajstić information content (AvgIpc) is 2.39. The fraction of sp³-hybridized carbons (Fsp3) is 0.462. The van der Waals surface area contributed by atoms with Crippen molar-refractivity contribution in [2.24, 2.45) is 0 Å². The van der Waals surface area contributed by atoms with Crippen LogP contribution >= 0.6 is 0 Å². The topological polar surface area (TPSA) is 47.9 Å². The monoisotopic (exact) mass is 269 g/mol. The third-order valence-electron chi connectivity index (χ3n) is 3.11. The molecule has 1 heterocycles. The van der Waals surface area contributed by atoms with Crippen LogP contribution in [0.15, 0.2) is 18.2 Å². The smallest absolute Gasteiger partial charge is 0.381 e. The van der Waals surface area contributed by atoms with E-state index in [9.17, 15) is 13.2 Å². The predicted molar refractivity (Wildman–Crippen MR) is 65.7 cm³/mol. The molecule has 0 aromatic heterocycles. The van der Waals surface area contributed by atoms with Gasteiger partial charge in [-0.3, -0.25) is 0 Å². The van der Waals surface area contributed by atoms with Crippen molar-refractivity contribution in [2.75, 3.05) is 18.4 Å². The molecule has 6 heteroatoms. The highest BCUT2D eigenvalue weighted by Crippen LogP contribution is 2.36. The van der Waals surface area contributed by atoms with Crippen LogP contribution in [0.2, 0.25) is 0 Å². The average molecular weight is 269 g/mol. The van der Waals surface area contributed by atoms with Crippen molar-refractivity contribution in [1.82, 2.24) is 5.32 Å². The van der Waals surface area contributed by atoms with E-state index in [1.54, 1.807) is 6.07 Å². The van der Waals surface area contributed by atoms with Crippen molar-refractivity contribution < 1.29 is 13.2 Å². The van der Waals surface area contributed by atoms with E-state index in [1.165, 1.54) is 12.1 Å². The van der Waals surface area contributed by atoms with Crippen molar-refractivity contribution in [3.8, 4) is 6.07 Å². The van der Waals surface area contributed by atoms with Gasteiger partial charge in [0.05, 0.1) is 17.2 Å². The molecule has 0 spiro atoms. The molecule has 19 heavy (non-hydrogen) atoms. The fourth-order valence-corrected chi connectivity index (χ4v) is 2.17. The second-order valence-corrected chi connectivity index (χ2v) is 4.56. The molecule has 3 nitrogen and oxygen atoms in total. The molecule has 1 unspecified atom stereocenters. The number of alkyl halides is 3. The third kappa shape index (κ3) is 3.38. The number of rotatable bonds is 2. The molecule has 1 aliphatic rings. The molecule has 0 saturated carbocycles. The van der Waals surface area contributed by atoms with Crippen molar-refractivity contribution in [3.05, 3.63) is 29.3 Å². The Hall–Kier alpha value is -1.74. The number of piperidine rings is 1. The Labute approximate surface area is 109 Å². The lowest BCUT2D eigenvalue weighted by Crippen LogP contribution is -2.38. The van der Waals surface area contributed by atoms with Gasteiger partial charge < -0.3 is 10.6 Å². The molecule has 1 aliphatic heterocycles. The molecule has 1 aromatic carbocycles. The van der Waals surface area contributed by atoms with E-state index in [2.05, 4.69) is 10.6 Å². The summed E-state index contributed by atoms with van der Waals surface area (Å²) in [6.07, 6.45) is -2.68. The summed E-state index contributed by atoms with van der Waals surface area (Å²) in [5.74, 6) is 0. The highest BCUT2D eigenvalue weighted by molar-refractivity contribution is 5.56. The van der Waals surface area contributed by atoms with Gasteiger partial charge >= 0.3 is 6.18 Å². The number of hydrogen-bond donors (Lipinski definition) is 2. The Kier molecular flexibility index (Phi) is 3.96. The Bertz CT molecular complexity index is 485. The first-order chi connectivity index (χ1) is 9.00. The number of anilines is 1. The maximum atomic E-state index is 13.0. The molecule has 0 bridgehead atoms. The van der Waals surface area contributed by atoms with E-state index < -0.39 is 11.7 Å². The van der Waals surface area contributed by atoms with Gasteiger partial charge in [-0.15, -0.1) is 0 Å². The minimum atomic E-state index is -4.46. The molecule has 2 rings (SSSR count). The summed E-state index contributed by atoms with van der Waals surface area (Å²) in [5, 5.41) is 14.7. The number of nitriles is 1. The van der Waals surface area contributed by atoms with Crippen molar-refractivity contribution in [1.29, 1.82) is 5.26 Å². The zero-order chi connectivity index (χ0) is 13.9. The van der Waals surface area contributed by atoms with Gasteiger partial charge in [-0.25, -0.2) is 0 Å². The Morgan fingerprint density at radius 3 is 2.74 bits per heavy atom. The van der Waals surface area contributed by atoms with Gasteiger partial charge in [-0.05, 0) is 37.6 Å². The van der Waals surface area contributed by atoms with E-state index in [1.807, 2.05) is 0 Å². The Balaban J connectivity index is 2.26. The van der Waals surface area contributed by atoms with Gasteiger partial charge in [0.15, 0.2) is 0 Å². The summed E-state index contributed by atoms with van der Waals surface area (Å²) in [4.78, 5) is 0. The molecule has 1 fully saturated rings. The van der Waals surface area contributed by atoms with Gasteiger partial charge in [-0.2, -0.15) is 18.4 Å². The normalized spacial score (nSPS) is 19.8. The molecule has 102 valence electrons. The molecule has 1 atom stereocenters. The largest absolute Gasteiger partial charge is 0.418 e. The van der Waals surface area contributed by atoms with Crippen LogP contribution in [-0.4, -0.2) is 19.1 Å². The van der Waals surface area contributed by atoms with Crippen molar-refractivity contribution in [3.63, 3.8) is 0 Å². The quantitative estimate of drug-likeness (QED) is 0.868. The molecule has 0 amide bonds. The van der Waals surface area contributed by atoms with Gasteiger partial charge in [0.1, 0.15) is 0 Å². The molecular weight excluding hydrogens is 255 g/mol. The minimum absolute atomic E-state index is 0.0113. The first kappa shape index (κ1) is 13.7. The first-order valence-corrected chi connectivity index (χ1v) is 6.09. The summed E-state index contributed by atoms with van der Waals surface area (Å²) in [6, 6.07) is 5.33. The lowest BCUT2D eigenvalue weighted by molar-refractivity contribution is -0.137. The number of nitrogens with zero attached hydrogens (tertiary/aromatic N) is 1. The summed E-state index contributed by atoms with van der Waals surface area (Å²) in [5.41, 5.74) is -0.725. The van der Waals surface area contributed by atoms with Crippen molar-refractivity contribution in [2.45, 2.75) is 25.1 Å². The first-order valence-electron chi connectivity index (χ1n) is 6.09. The van der Waals surface area contributed by atoms with Crippen LogP contribution in [0.3, 0.4) is 0 Å². The van der Waals surface area contributed by atoms with Gasteiger partial charge in [0.2, 0.25) is 0 Å². The van der Waals surface area contributed by atoms with Crippen LogP contribution in [0.5, 0.6) is 0 Å². The second-order valence-electron chi connectivity index (χ2n) is 4.56.